The number of amides is 1. The van der Waals surface area contributed by atoms with Gasteiger partial charge in [0.05, 0.1) is 16.8 Å². The average Bonchev–Trinajstić information content (AvgIpc) is 3.22. The van der Waals surface area contributed by atoms with Crippen LogP contribution in [0.25, 0.3) is 15.8 Å². The highest BCUT2D eigenvalue weighted by Gasteiger charge is 2.07. The van der Waals surface area contributed by atoms with Crippen molar-refractivity contribution in [2.45, 2.75) is 6.92 Å². The SMILES string of the molecule is Cc1csc(/C(C#N)=C/NNC(=O)CNc2nc3ccccc3s2)n1. The summed E-state index contributed by atoms with van der Waals surface area (Å²) >= 11 is 2.86. The molecule has 0 atom stereocenters. The van der Waals surface area contributed by atoms with Crippen molar-refractivity contribution >= 4 is 49.5 Å². The van der Waals surface area contributed by atoms with E-state index in [1.54, 1.807) is 0 Å². The lowest BCUT2D eigenvalue weighted by Gasteiger charge is -2.05. The number of rotatable bonds is 6. The maximum Gasteiger partial charge on any atom is 0.257 e. The molecule has 0 aliphatic carbocycles. The minimum atomic E-state index is -0.275. The molecule has 9 heteroatoms. The Labute approximate surface area is 152 Å². The molecule has 2 heterocycles. The average molecular weight is 370 g/mol. The van der Waals surface area contributed by atoms with Crippen LogP contribution in [-0.2, 0) is 4.79 Å². The molecule has 0 unspecified atom stereocenters. The second-order valence-electron chi connectivity index (χ2n) is 5.00. The molecule has 0 aliphatic rings. The monoisotopic (exact) mass is 370 g/mol. The lowest BCUT2D eigenvalue weighted by Crippen LogP contribution is -2.37. The zero-order valence-corrected chi connectivity index (χ0v) is 14.9. The fraction of sp³-hybridized carbons (Fsp3) is 0.125. The van der Waals surface area contributed by atoms with Crippen molar-refractivity contribution in [1.29, 1.82) is 5.26 Å². The van der Waals surface area contributed by atoms with Gasteiger partial charge < -0.3 is 10.7 Å². The van der Waals surface area contributed by atoms with Crippen LogP contribution in [0.4, 0.5) is 5.13 Å². The summed E-state index contributed by atoms with van der Waals surface area (Å²) in [7, 11) is 0. The van der Waals surface area contributed by atoms with E-state index in [1.807, 2.05) is 42.6 Å². The number of hydrazine groups is 1. The third kappa shape index (κ3) is 4.32. The van der Waals surface area contributed by atoms with Crippen LogP contribution in [0.5, 0.6) is 0 Å². The lowest BCUT2D eigenvalue weighted by atomic mass is 10.3. The molecule has 7 nitrogen and oxygen atoms in total. The first-order valence-corrected chi connectivity index (χ1v) is 9.02. The highest BCUT2D eigenvalue weighted by molar-refractivity contribution is 7.22. The van der Waals surface area contributed by atoms with Gasteiger partial charge in [-0.1, -0.05) is 23.5 Å². The summed E-state index contributed by atoms with van der Waals surface area (Å²) in [6.45, 7) is 1.93. The first kappa shape index (κ1) is 16.9. The quantitative estimate of drug-likeness (QED) is 0.455. The van der Waals surface area contributed by atoms with Crippen LogP contribution >= 0.6 is 22.7 Å². The molecular weight excluding hydrogens is 356 g/mol. The molecule has 0 saturated carbocycles. The number of para-hydroxylation sites is 1. The Bertz CT molecular complexity index is 935. The number of carbonyl (C=O) groups is 1. The number of anilines is 1. The van der Waals surface area contributed by atoms with Crippen LogP contribution in [0.3, 0.4) is 0 Å². The number of hydrogen-bond donors (Lipinski definition) is 3. The molecule has 3 N–H and O–H groups in total. The van der Waals surface area contributed by atoms with E-state index >= 15 is 0 Å². The molecule has 2 aromatic heterocycles. The maximum atomic E-state index is 11.9. The third-order valence-electron chi connectivity index (χ3n) is 3.09. The van der Waals surface area contributed by atoms with Crippen LogP contribution in [0.2, 0.25) is 0 Å². The number of fused-ring (bicyclic) bond motifs is 1. The molecule has 126 valence electrons. The summed E-state index contributed by atoms with van der Waals surface area (Å²) < 4.78 is 1.06. The van der Waals surface area contributed by atoms with Gasteiger partial charge in [-0.3, -0.25) is 10.2 Å². The van der Waals surface area contributed by atoms with E-state index in [0.29, 0.717) is 15.7 Å². The smallest absolute Gasteiger partial charge is 0.257 e. The van der Waals surface area contributed by atoms with Gasteiger partial charge in [-0.25, -0.2) is 9.97 Å². The summed E-state index contributed by atoms with van der Waals surface area (Å²) in [4.78, 5) is 20.5. The van der Waals surface area contributed by atoms with Gasteiger partial charge in [0.15, 0.2) is 5.13 Å². The number of aromatic nitrogens is 2. The first-order chi connectivity index (χ1) is 12.2. The topological polar surface area (TPSA) is 103 Å². The van der Waals surface area contributed by atoms with Crippen molar-refractivity contribution in [3.05, 3.63) is 46.5 Å². The van der Waals surface area contributed by atoms with Crippen LogP contribution in [0, 0.1) is 18.3 Å². The van der Waals surface area contributed by atoms with E-state index in [0.717, 1.165) is 15.9 Å². The van der Waals surface area contributed by atoms with Gasteiger partial charge in [0.2, 0.25) is 0 Å². The van der Waals surface area contributed by atoms with E-state index in [1.165, 1.54) is 28.9 Å². The highest BCUT2D eigenvalue weighted by Crippen LogP contribution is 2.24. The summed E-state index contributed by atoms with van der Waals surface area (Å²) in [6, 6.07) is 9.82. The lowest BCUT2D eigenvalue weighted by molar-refractivity contribution is -0.120. The predicted molar refractivity (Wildman–Crippen MR) is 99.8 cm³/mol. The van der Waals surface area contributed by atoms with Gasteiger partial charge in [0.25, 0.3) is 5.91 Å². The molecule has 25 heavy (non-hydrogen) atoms. The molecule has 3 aromatic rings. The minimum absolute atomic E-state index is 0.0684. The van der Waals surface area contributed by atoms with Crippen molar-refractivity contribution < 1.29 is 4.79 Å². The first-order valence-electron chi connectivity index (χ1n) is 7.32. The zero-order valence-electron chi connectivity index (χ0n) is 13.2. The fourth-order valence-electron chi connectivity index (χ4n) is 1.96. The Morgan fingerprint density at radius 3 is 2.92 bits per heavy atom. The van der Waals surface area contributed by atoms with Gasteiger partial charge in [-0.2, -0.15) is 5.26 Å². The van der Waals surface area contributed by atoms with Gasteiger partial charge in [-0.05, 0) is 19.1 Å². The molecule has 1 aromatic carbocycles. The van der Waals surface area contributed by atoms with Crippen LogP contribution < -0.4 is 16.2 Å². The molecule has 0 aliphatic heterocycles. The summed E-state index contributed by atoms with van der Waals surface area (Å²) in [5.74, 6) is -0.275. The number of nitrogens with one attached hydrogen (secondary N) is 3. The minimum Gasteiger partial charge on any atom is -0.352 e. The van der Waals surface area contributed by atoms with E-state index in [9.17, 15) is 4.79 Å². The molecule has 0 radical (unpaired) electrons. The number of benzene rings is 1. The number of aryl methyl sites for hydroxylation is 1. The van der Waals surface area contributed by atoms with Crippen molar-refractivity contribution in [3.63, 3.8) is 0 Å². The van der Waals surface area contributed by atoms with Crippen LogP contribution in [-0.4, -0.2) is 22.4 Å². The van der Waals surface area contributed by atoms with Crippen molar-refractivity contribution in [1.82, 2.24) is 20.8 Å². The van der Waals surface area contributed by atoms with Crippen LogP contribution in [0.1, 0.15) is 10.7 Å². The Hall–Kier alpha value is -2.96. The number of hydrogen-bond acceptors (Lipinski definition) is 8. The number of nitrogens with zero attached hydrogens (tertiary/aromatic N) is 3. The zero-order chi connectivity index (χ0) is 17.6. The molecular formula is C16H14N6OS2. The Balaban J connectivity index is 1.50. The molecule has 0 saturated heterocycles. The second kappa shape index (κ2) is 7.74. The van der Waals surface area contributed by atoms with Crippen molar-refractivity contribution in [2.75, 3.05) is 11.9 Å². The van der Waals surface area contributed by atoms with Gasteiger partial charge in [0, 0.05) is 17.3 Å². The van der Waals surface area contributed by atoms with Crippen LogP contribution in [0.15, 0.2) is 35.8 Å². The second-order valence-corrected chi connectivity index (χ2v) is 6.89. The summed E-state index contributed by atoms with van der Waals surface area (Å²) in [6.07, 6.45) is 1.42. The van der Waals surface area contributed by atoms with Crippen molar-refractivity contribution in [2.24, 2.45) is 0 Å². The number of allylic oxidation sites excluding steroid dienone is 1. The maximum absolute atomic E-state index is 11.9. The summed E-state index contributed by atoms with van der Waals surface area (Å²) in [5.41, 5.74) is 7.24. The standard InChI is InChI=1S/C16H14N6OS2/c1-10-9-24-15(20-10)11(6-17)7-19-22-14(23)8-18-16-21-12-4-2-3-5-13(12)25-16/h2-5,7,9,19H,8H2,1H3,(H,18,21)(H,22,23)/b11-7+. The van der Waals surface area contributed by atoms with Crippen molar-refractivity contribution in [3.8, 4) is 6.07 Å². The van der Waals surface area contributed by atoms with E-state index in [2.05, 4.69) is 26.1 Å². The Kier molecular flexibility index (Phi) is 5.23. The van der Waals surface area contributed by atoms with Gasteiger partial charge in [-0.15, -0.1) is 11.3 Å². The number of nitriles is 1. The Morgan fingerprint density at radius 1 is 1.36 bits per heavy atom. The molecule has 3 rings (SSSR count). The third-order valence-corrected chi connectivity index (χ3v) is 5.08. The van der Waals surface area contributed by atoms with E-state index < -0.39 is 0 Å². The fourth-order valence-corrected chi connectivity index (χ4v) is 3.58. The molecule has 0 bridgehead atoms. The normalized spacial score (nSPS) is 11.1. The summed E-state index contributed by atoms with van der Waals surface area (Å²) in [5, 5.41) is 15.3. The van der Waals surface area contributed by atoms with E-state index in [-0.39, 0.29) is 12.5 Å². The van der Waals surface area contributed by atoms with Gasteiger partial charge >= 0.3 is 0 Å². The number of carbonyl (C=O) groups excluding carboxylic acids is 1. The highest BCUT2D eigenvalue weighted by atomic mass is 32.1. The van der Waals surface area contributed by atoms with Gasteiger partial charge in [0.1, 0.15) is 16.6 Å². The largest absolute Gasteiger partial charge is 0.352 e. The molecule has 0 spiro atoms. The van der Waals surface area contributed by atoms with E-state index in [4.69, 9.17) is 5.26 Å². The Morgan fingerprint density at radius 2 is 2.20 bits per heavy atom. The molecule has 1 amide bonds. The predicted octanol–water partition coefficient (Wildman–Crippen LogP) is 2.66. The number of thiazole rings is 2. The molecule has 0 fully saturated rings.